The van der Waals surface area contributed by atoms with Crippen molar-refractivity contribution >= 4 is 23.5 Å². The predicted molar refractivity (Wildman–Crippen MR) is 94.2 cm³/mol. The third kappa shape index (κ3) is 2.90. The Hall–Kier alpha value is -1.63. The average Bonchev–Trinajstić information content (AvgIpc) is 2.99. The van der Waals surface area contributed by atoms with Crippen LogP contribution in [0.15, 0.2) is 36.5 Å². The van der Waals surface area contributed by atoms with Crippen LogP contribution >= 0.6 is 11.6 Å². The minimum absolute atomic E-state index is 0.124. The summed E-state index contributed by atoms with van der Waals surface area (Å²) >= 11 is 5.64. The molecule has 2 aliphatic carbocycles. The lowest BCUT2D eigenvalue weighted by molar-refractivity contribution is -0.170. The van der Waals surface area contributed by atoms with Gasteiger partial charge >= 0.3 is 11.9 Å². The molecule has 1 heterocycles. The Morgan fingerprint density at radius 2 is 2.04 bits per heavy atom. The van der Waals surface area contributed by atoms with Crippen LogP contribution < -0.4 is 0 Å². The highest BCUT2D eigenvalue weighted by atomic mass is 35.5. The molecule has 3 rings (SSSR count). The molecule has 3 aliphatic rings. The minimum atomic E-state index is -1.84. The maximum absolute atomic E-state index is 12.3. The Bertz CT molecular complexity index is 696. The highest BCUT2D eigenvalue weighted by molar-refractivity contribution is 6.20. The topological polar surface area (TPSA) is 93.1 Å². The number of hydrogen-bond donors (Lipinski definition) is 2. The lowest BCUT2D eigenvalue weighted by Crippen LogP contribution is -2.43. The first kappa shape index (κ1) is 19.1. The molecular formula is C19H23ClO6. The molecule has 1 aliphatic heterocycles. The molecule has 2 N–H and O–H groups in total. The second-order valence-corrected chi connectivity index (χ2v) is 7.86. The van der Waals surface area contributed by atoms with Crippen molar-refractivity contribution in [1.82, 2.24) is 0 Å². The molecule has 2 saturated carbocycles. The third-order valence-electron chi connectivity index (χ3n) is 5.73. The van der Waals surface area contributed by atoms with Gasteiger partial charge in [-0.05, 0) is 24.8 Å². The Labute approximate surface area is 157 Å². The number of halogens is 1. The predicted octanol–water partition coefficient (Wildman–Crippen LogP) is 1.50. The van der Waals surface area contributed by atoms with E-state index in [0.29, 0.717) is 12.0 Å². The quantitative estimate of drug-likeness (QED) is 0.332. The lowest BCUT2D eigenvalue weighted by atomic mass is 9.81. The van der Waals surface area contributed by atoms with E-state index in [2.05, 4.69) is 19.7 Å². The van der Waals surface area contributed by atoms with Crippen molar-refractivity contribution in [1.29, 1.82) is 0 Å². The Morgan fingerprint density at radius 3 is 2.65 bits per heavy atom. The molecule has 0 spiro atoms. The zero-order valence-corrected chi connectivity index (χ0v) is 15.4. The summed E-state index contributed by atoms with van der Waals surface area (Å²) < 4.78 is 11.1. The van der Waals surface area contributed by atoms with Crippen LogP contribution in [0.4, 0.5) is 0 Å². The maximum atomic E-state index is 12.3. The van der Waals surface area contributed by atoms with E-state index in [0.717, 1.165) is 5.57 Å². The molecule has 1 saturated heterocycles. The molecule has 7 atom stereocenters. The van der Waals surface area contributed by atoms with Crippen molar-refractivity contribution in [3.8, 4) is 0 Å². The molecule has 0 bridgehead atoms. The number of esters is 2. The van der Waals surface area contributed by atoms with Gasteiger partial charge in [0, 0.05) is 17.9 Å². The molecular weight excluding hydrogens is 360 g/mol. The maximum Gasteiger partial charge on any atom is 0.339 e. The zero-order chi connectivity index (χ0) is 19.4. The largest absolute Gasteiger partial charge is 0.459 e. The summed E-state index contributed by atoms with van der Waals surface area (Å²) in [6.07, 6.45) is -1.37. The van der Waals surface area contributed by atoms with Gasteiger partial charge in [-0.25, -0.2) is 9.59 Å². The number of ether oxygens (including phenoxy) is 2. The molecule has 0 amide bonds. The summed E-state index contributed by atoms with van der Waals surface area (Å²) in [4.78, 5) is 24.5. The van der Waals surface area contributed by atoms with E-state index in [-0.39, 0.29) is 29.7 Å². The minimum Gasteiger partial charge on any atom is -0.459 e. The van der Waals surface area contributed by atoms with Gasteiger partial charge in [-0.15, -0.1) is 11.6 Å². The van der Waals surface area contributed by atoms with Gasteiger partial charge < -0.3 is 19.7 Å². The summed E-state index contributed by atoms with van der Waals surface area (Å²) in [6, 6.07) is 0. The summed E-state index contributed by atoms with van der Waals surface area (Å²) in [5.74, 6) is -2.76. The molecule has 142 valence electrons. The SMILES string of the molecule is C=C1C(=O)O[C@@H]2[C@H]3C(=C)[C@@H](O)C[C@H]3C(=C)C[C@H](OC(=O)[C@](C)(O)CCl)[C@@H]12. The smallest absolute Gasteiger partial charge is 0.339 e. The second kappa shape index (κ2) is 6.51. The van der Waals surface area contributed by atoms with Gasteiger partial charge in [0.1, 0.15) is 12.2 Å². The molecule has 26 heavy (non-hydrogen) atoms. The first-order valence-electron chi connectivity index (χ1n) is 8.52. The van der Waals surface area contributed by atoms with Gasteiger partial charge in [0.25, 0.3) is 0 Å². The van der Waals surface area contributed by atoms with Gasteiger partial charge in [0.05, 0.1) is 17.9 Å². The van der Waals surface area contributed by atoms with E-state index in [9.17, 15) is 19.8 Å². The number of fused-ring (bicyclic) bond motifs is 3. The second-order valence-electron chi connectivity index (χ2n) is 7.59. The van der Waals surface area contributed by atoms with Gasteiger partial charge in [0.15, 0.2) is 5.60 Å². The fourth-order valence-corrected chi connectivity index (χ4v) is 4.30. The molecule has 0 aromatic rings. The van der Waals surface area contributed by atoms with E-state index < -0.39 is 41.8 Å². The summed E-state index contributed by atoms with van der Waals surface area (Å²) in [7, 11) is 0. The molecule has 0 unspecified atom stereocenters. The molecule has 0 radical (unpaired) electrons. The molecule has 7 heteroatoms. The number of aliphatic hydroxyl groups excluding tert-OH is 1. The van der Waals surface area contributed by atoms with Crippen LogP contribution in [0.3, 0.4) is 0 Å². The fraction of sp³-hybridized carbons (Fsp3) is 0.579. The average molecular weight is 383 g/mol. The van der Waals surface area contributed by atoms with Crippen molar-refractivity contribution in [2.75, 3.05) is 5.88 Å². The summed E-state index contributed by atoms with van der Waals surface area (Å²) in [5, 5.41) is 20.3. The fourth-order valence-electron chi connectivity index (χ4n) is 4.19. The van der Waals surface area contributed by atoms with E-state index >= 15 is 0 Å². The van der Waals surface area contributed by atoms with Crippen molar-refractivity contribution < 1.29 is 29.3 Å². The van der Waals surface area contributed by atoms with Crippen LogP contribution in [0.2, 0.25) is 0 Å². The van der Waals surface area contributed by atoms with Crippen molar-refractivity contribution in [2.45, 2.75) is 43.7 Å². The number of aliphatic hydroxyl groups is 2. The molecule has 3 fully saturated rings. The summed E-state index contributed by atoms with van der Waals surface area (Å²) in [5.41, 5.74) is -0.255. The van der Waals surface area contributed by atoms with E-state index in [4.69, 9.17) is 21.1 Å². The third-order valence-corrected chi connectivity index (χ3v) is 6.25. The van der Waals surface area contributed by atoms with E-state index in [1.165, 1.54) is 6.92 Å². The lowest BCUT2D eigenvalue weighted by Gasteiger charge is -2.30. The van der Waals surface area contributed by atoms with Crippen LogP contribution in [0, 0.1) is 17.8 Å². The highest BCUT2D eigenvalue weighted by Gasteiger charge is 2.57. The number of alkyl halides is 1. The van der Waals surface area contributed by atoms with Crippen LogP contribution in [-0.2, 0) is 19.1 Å². The Balaban J connectivity index is 1.96. The van der Waals surface area contributed by atoms with Crippen molar-refractivity contribution in [2.24, 2.45) is 17.8 Å². The molecule has 0 aromatic heterocycles. The normalized spacial score (nSPS) is 38.9. The monoisotopic (exact) mass is 382 g/mol. The zero-order valence-electron chi connectivity index (χ0n) is 14.6. The van der Waals surface area contributed by atoms with Crippen LogP contribution in [-0.4, -0.2) is 51.9 Å². The van der Waals surface area contributed by atoms with Crippen LogP contribution in [0.5, 0.6) is 0 Å². The number of carbonyl (C=O) groups is 2. The molecule has 0 aromatic carbocycles. The van der Waals surface area contributed by atoms with E-state index in [1.54, 1.807) is 0 Å². The summed E-state index contributed by atoms with van der Waals surface area (Å²) in [6.45, 7) is 13.1. The van der Waals surface area contributed by atoms with Gasteiger partial charge in [0.2, 0.25) is 0 Å². The van der Waals surface area contributed by atoms with Crippen molar-refractivity contribution in [3.05, 3.63) is 36.5 Å². The standard InChI is InChI=1S/C19H23ClO6/c1-8-5-13(25-18(23)19(4,24)7-20)15-10(3)17(22)26-16(15)14-9(2)12(21)6-11(8)14/h11-16,21,24H,1-3,5-7H2,4H3/t11-,12-,13-,14-,15+,16+,19+/m0/s1. The highest BCUT2D eigenvalue weighted by Crippen LogP contribution is 2.52. The van der Waals surface area contributed by atoms with E-state index in [1.807, 2.05) is 0 Å². The van der Waals surface area contributed by atoms with Crippen LogP contribution in [0.25, 0.3) is 0 Å². The Kier molecular flexibility index (Phi) is 4.80. The molecule has 6 nitrogen and oxygen atoms in total. The van der Waals surface area contributed by atoms with Crippen molar-refractivity contribution in [3.63, 3.8) is 0 Å². The first-order valence-corrected chi connectivity index (χ1v) is 9.05. The number of hydrogen-bond acceptors (Lipinski definition) is 6. The first-order chi connectivity index (χ1) is 12.1. The van der Waals surface area contributed by atoms with Gasteiger partial charge in [-0.3, -0.25) is 0 Å². The number of carbonyl (C=O) groups excluding carboxylic acids is 2. The van der Waals surface area contributed by atoms with Gasteiger partial charge in [-0.1, -0.05) is 25.3 Å². The van der Waals surface area contributed by atoms with Crippen LogP contribution in [0.1, 0.15) is 19.8 Å². The Morgan fingerprint density at radius 1 is 1.38 bits per heavy atom. The number of rotatable bonds is 3. The van der Waals surface area contributed by atoms with Gasteiger partial charge in [-0.2, -0.15) is 0 Å².